The Hall–Kier alpha value is -1.46. The SMILES string of the molecule is Cc1cc(F)ccc1C(C(=O)O)N1C[C@H]2C[C@@H](O)CC[C@H]2C1. The fourth-order valence-electron chi connectivity index (χ4n) is 4.09. The summed E-state index contributed by atoms with van der Waals surface area (Å²) < 4.78 is 13.3. The van der Waals surface area contributed by atoms with Gasteiger partial charge in [-0.3, -0.25) is 9.69 Å². The van der Waals surface area contributed by atoms with Crippen molar-refractivity contribution >= 4 is 5.97 Å². The molecule has 4 nitrogen and oxygen atoms in total. The molecule has 0 amide bonds. The van der Waals surface area contributed by atoms with Gasteiger partial charge in [0.25, 0.3) is 0 Å². The van der Waals surface area contributed by atoms with Crippen LogP contribution in [0.5, 0.6) is 0 Å². The van der Waals surface area contributed by atoms with Gasteiger partial charge in [0.15, 0.2) is 0 Å². The molecule has 0 aromatic heterocycles. The normalized spacial score (nSPS) is 30.0. The highest BCUT2D eigenvalue weighted by atomic mass is 19.1. The van der Waals surface area contributed by atoms with E-state index < -0.39 is 12.0 Å². The summed E-state index contributed by atoms with van der Waals surface area (Å²) in [5.74, 6) is -0.408. The molecule has 0 bridgehead atoms. The number of hydrogen-bond acceptors (Lipinski definition) is 3. The van der Waals surface area contributed by atoms with Crippen molar-refractivity contribution in [2.24, 2.45) is 11.8 Å². The van der Waals surface area contributed by atoms with Crippen molar-refractivity contribution in [3.63, 3.8) is 0 Å². The lowest BCUT2D eigenvalue weighted by Crippen LogP contribution is -2.33. The molecular weight excluding hydrogens is 285 g/mol. The van der Waals surface area contributed by atoms with Gasteiger partial charge in [-0.15, -0.1) is 0 Å². The summed E-state index contributed by atoms with van der Waals surface area (Å²) in [6, 6.07) is 3.56. The van der Waals surface area contributed by atoms with E-state index in [2.05, 4.69) is 0 Å². The van der Waals surface area contributed by atoms with Crippen LogP contribution in [0.2, 0.25) is 0 Å². The maximum atomic E-state index is 13.3. The van der Waals surface area contributed by atoms with Crippen molar-refractivity contribution < 1.29 is 19.4 Å². The van der Waals surface area contributed by atoms with Crippen LogP contribution in [-0.4, -0.2) is 40.3 Å². The van der Waals surface area contributed by atoms with E-state index in [1.807, 2.05) is 4.90 Å². The number of rotatable bonds is 3. The summed E-state index contributed by atoms with van der Waals surface area (Å²) in [5.41, 5.74) is 1.33. The van der Waals surface area contributed by atoms with Gasteiger partial charge in [-0.2, -0.15) is 0 Å². The van der Waals surface area contributed by atoms with Crippen molar-refractivity contribution in [1.29, 1.82) is 0 Å². The number of benzene rings is 1. The number of carboxylic acid groups (broad SMARTS) is 1. The molecular formula is C17H22FNO3. The summed E-state index contributed by atoms with van der Waals surface area (Å²) in [6.45, 7) is 3.18. The predicted molar refractivity (Wildman–Crippen MR) is 79.9 cm³/mol. The van der Waals surface area contributed by atoms with Gasteiger partial charge in [0.05, 0.1) is 6.10 Å². The molecule has 0 radical (unpaired) electrons. The van der Waals surface area contributed by atoms with Crippen LogP contribution in [0, 0.1) is 24.6 Å². The number of nitrogens with zero attached hydrogens (tertiary/aromatic N) is 1. The molecule has 1 aromatic carbocycles. The third kappa shape index (κ3) is 2.88. The highest BCUT2D eigenvalue weighted by Gasteiger charge is 2.42. The van der Waals surface area contributed by atoms with Gasteiger partial charge in [-0.05, 0) is 61.3 Å². The molecule has 0 spiro atoms. The molecule has 2 N–H and O–H groups in total. The molecule has 2 aliphatic rings. The van der Waals surface area contributed by atoms with Crippen LogP contribution in [0.3, 0.4) is 0 Å². The lowest BCUT2D eigenvalue weighted by atomic mass is 9.80. The minimum Gasteiger partial charge on any atom is -0.480 e. The first-order valence-electron chi connectivity index (χ1n) is 7.86. The topological polar surface area (TPSA) is 60.8 Å². The molecule has 1 saturated carbocycles. The van der Waals surface area contributed by atoms with Crippen LogP contribution in [0.15, 0.2) is 18.2 Å². The van der Waals surface area contributed by atoms with Gasteiger partial charge < -0.3 is 10.2 Å². The van der Waals surface area contributed by atoms with Crippen LogP contribution >= 0.6 is 0 Å². The minimum atomic E-state index is -0.895. The van der Waals surface area contributed by atoms with E-state index in [0.717, 1.165) is 25.8 Å². The number of carboxylic acids is 1. The first-order chi connectivity index (χ1) is 10.5. The molecule has 4 atom stereocenters. The van der Waals surface area contributed by atoms with Gasteiger partial charge in [-0.25, -0.2) is 4.39 Å². The Balaban J connectivity index is 1.85. The fourth-order valence-corrected chi connectivity index (χ4v) is 4.09. The molecule has 1 saturated heterocycles. The second kappa shape index (κ2) is 5.97. The number of fused-ring (bicyclic) bond motifs is 1. The van der Waals surface area contributed by atoms with E-state index in [1.54, 1.807) is 13.0 Å². The summed E-state index contributed by atoms with van der Waals surface area (Å²) in [4.78, 5) is 13.8. The van der Waals surface area contributed by atoms with E-state index >= 15 is 0 Å². The first-order valence-corrected chi connectivity index (χ1v) is 7.86. The smallest absolute Gasteiger partial charge is 0.325 e. The molecule has 1 aliphatic carbocycles. The highest BCUT2D eigenvalue weighted by molar-refractivity contribution is 5.76. The molecule has 120 valence electrons. The number of carbonyl (C=O) groups is 1. The zero-order chi connectivity index (χ0) is 15.9. The first kappa shape index (κ1) is 15.4. The Morgan fingerprint density at radius 1 is 1.32 bits per heavy atom. The van der Waals surface area contributed by atoms with Crippen LogP contribution in [0.1, 0.15) is 36.4 Å². The van der Waals surface area contributed by atoms with Crippen LogP contribution in [0.4, 0.5) is 4.39 Å². The van der Waals surface area contributed by atoms with Crippen LogP contribution in [-0.2, 0) is 4.79 Å². The van der Waals surface area contributed by atoms with Crippen LogP contribution in [0.25, 0.3) is 0 Å². The number of aryl methyl sites for hydroxylation is 1. The fraction of sp³-hybridized carbons (Fsp3) is 0.588. The molecule has 22 heavy (non-hydrogen) atoms. The number of likely N-dealkylation sites (tertiary alicyclic amines) is 1. The van der Waals surface area contributed by atoms with Crippen molar-refractivity contribution in [1.82, 2.24) is 4.90 Å². The maximum absolute atomic E-state index is 13.3. The minimum absolute atomic E-state index is 0.253. The van der Waals surface area contributed by atoms with Crippen LogP contribution < -0.4 is 0 Å². The van der Waals surface area contributed by atoms with E-state index in [1.165, 1.54) is 12.1 Å². The average molecular weight is 307 g/mol. The van der Waals surface area contributed by atoms with Gasteiger partial charge in [0.2, 0.25) is 0 Å². The van der Waals surface area contributed by atoms with Gasteiger partial charge in [-0.1, -0.05) is 6.07 Å². The third-order valence-corrected chi connectivity index (χ3v) is 5.18. The van der Waals surface area contributed by atoms with Crippen molar-refractivity contribution in [3.05, 3.63) is 35.1 Å². The van der Waals surface area contributed by atoms with E-state index in [4.69, 9.17) is 0 Å². The molecule has 1 aromatic rings. The number of aliphatic hydroxyl groups excluding tert-OH is 1. The van der Waals surface area contributed by atoms with Crippen molar-refractivity contribution in [3.8, 4) is 0 Å². The standard InChI is InChI=1S/C17H22FNO3/c1-10-6-13(18)3-5-15(10)16(17(21)22)19-8-11-2-4-14(20)7-12(11)9-19/h3,5-6,11-12,14,16,20H,2,4,7-9H2,1H3,(H,21,22)/t11-,12+,14-,16?/m0/s1. The predicted octanol–water partition coefficient (Wildman–Crippen LogP) is 2.35. The van der Waals surface area contributed by atoms with Gasteiger partial charge >= 0.3 is 5.97 Å². The average Bonchev–Trinajstić information content (AvgIpc) is 2.83. The zero-order valence-electron chi connectivity index (χ0n) is 12.7. The van der Waals surface area contributed by atoms with E-state index in [0.29, 0.717) is 29.5 Å². The second-order valence-electron chi connectivity index (χ2n) is 6.68. The largest absolute Gasteiger partial charge is 0.480 e. The summed E-state index contributed by atoms with van der Waals surface area (Å²) in [7, 11) is 0. The molecule has 3 rings (SSSR count). The van der Waals surface area contributed by atoms with Crippen molar-refractivity contribution in [2.45, 2.75) is 38.3 Å². The second-order valence-corrected chi connectivity index (χ2v) is 6.68. The molecule has 1 heterocycles. The van der Waals surface area contributed by atoms with Gasteiger partial charge in [0.1, 0.15) is 11.9 Å². The number of hydrogen-bond donors (Lipinski definition) is 2. The quantitative estimate of drug-likeness (QED) is 0.900. The number of aliphatic carboxylic acids is 1. The molecule has 5 heteroatoms. The Morgan fingerprint density at radius 2 is 2.05 bits per heavy atom. The zero-order valence-corrected chi connectivity index (χ0v) is 12.7. The molecule has 1 aliphatic heterocycles. The summed E-state index contributed by atoms with van der Waals surface area (Å²) in [5, 5.41) is 19.5. The Kier molecular flexibility index (Phi) is 4.19. The van der Waals surface area contributed by atoms with E-state index in [9.17, 15) is 19.4 Å². The van der Waals surface area contributed by atoms with E-state index in [-0.39, 0.29) is 11.9 Å². The lowest BCUT2D eigenvalue weighted by molar-refractivity contribution is -0.143. The Morgan fingerprint density at radius 3 is 2.73 bits per heavy atom. The summed E-state index contributed by atoms with van der Waals surface area (Å²) >= 11 is 0. The summed E-state index contributed by atoms with van der Waals surface area (Å²) in [6.07, 6.45) is 2.27. The Bertz CT molecular complexity index is 577. The number of halogens is 1. The monoisotopic (exact) mass is 307 g/mol. The maximum Gasteiger partial charge on any atom is 0.325 e. The molecule has 1 unspecified atom stereocenters. The van der Waals surface area contributed by atoms with Crippen molar-refractivity contribution in [2.75, 3.05) is 13.1 Å². The third-order valence-electron chi connectivity index (χ3n) is 5.18. The Labute approximate surface area is 129 Å². The molecule has 2 fully saturated rings. The van der Waals surface area contributed by atoms with Gasteiger partial charge in [0, 0.05) is 13.1 Å². The lowest BCUT2D eigenvalue weighted by Gasteiger charge is -2.27. The highest BCUT2D eigenvalue weighted by Crippen LogP contribution is 2.40. The number of aliphatic hydroxyl groups is 1.